The molecule has 5 nitrogen and oxygen atoms in total. The summed E-state index contributed by atoms with van der Waals surface area (Å²) in [6, 6.07) is 4.23. The third kappa shape index (κ3) is 6.93. The lowest BCUT2D eigenvalue weighted by Gasteiger charge is -2.16. The standard InChI is InChI=1S/C17H29N5.HI/c1-3-5-9-20-17(18-4-2)21-14-15-8-10-19-16(13-15)22-11-6-7-12-22;/h8,10,13H,3-7,9,11-12,14H2,1-2H3,(H2,18,20,21);1H. The van der Waals surface area contributed by atoms with Crippen LogP contribution in [0, 0.1) is 0 Å². The van der Waals surface area contributed by atoms with Crippen LogP contribution in [0.3, 0.4) is 0 Å². The summed E-state index contributed by atoms with van der Waals surface area (Å²) < 4.78 is 0. The molecule has 1 aromatic rings. The first-order valence-electron chi connectivity index (χ1n) is 8.55. The minimum Gasteiger partial charge on any atom is -0.357 e. The number of hydrogen-bond acceptors (Lipinski definition) is 3. The molecule has 1 aliphatic rings. The molecule has 2 rings (SSSR count). The summed E-state index contributed by atoms with van der Waals surface area (Å²) in [4.78, 5) is 11.5. The fraction of sp³-hybridized carbons (Fsp3) is 0.647. The Hall–Kier alpha value is -1.05. The maximum atomic E-state index is 4.67. The van der Waals surface area contributed by atoms with Gasteiger partial charge in [-0.2, -0.15) is 0 Å². The number of aromatic nitrogens is 1. The highest BCUT2D eigenvalue weighted by Gasteiger charge is 2.13. The molecule has 0 bridgehead atoms. The Morgan fingerprint density at radius 2 is 2.04 bits per heavy atom. The predicted octanol–water partition coefficient (Wildman–Crippen LogP) is 3.16. The van der Waals surface area contributed by atoms with Crippen LogP contribution in [0.4, 0.5) is 5.82 Å². The van der Waals surface area contributed by atoms with Gasteiger partial charge in [-0.3, -0.25) is 0 Å². The van der Waals surface area contributed by atoms with E-state index in [1.54, 1.807) is 0 Å². The van der Waals surface area contributed by atoms with E-state index < -0.39 is 0 Å². The summed E-state index contributed by atoms with van der Waals surface area (Å²) in [5.41, 5.74) is 1.21. The van der Waals surface area contributed by atoms with Crippen LogP contribution >= 0.6 is 24.0 Å². The molecule has 23 heavy (non-hydrogen) atoms. The molecule has 0 spiro atoms. The van der Waals surface area contributed by atoms with E-state index >= 15 is 0 Å². The monoisotopic (exact) mass is 431 g/mol. The maximum absolute atomic E-state index is 4.67. The smallest absolute Gasteiger partial charge is 0.191 e. The lowest BCUT2D eigenvalue weighted by molar-refractivity contribution is 0.730. The molecular weight excluding hydrogens is 401 g/mol. The summed E-state index contributed by atoms with van der Waals surface area (Å²) in [5, 5.41) is 6.67. The van der Waals surface area contributed by atoms with Crippen LogP contribution in [0.15, 0.2) is 23.3 Å². The molecule has 1 saturated heterocycles. The molecule has 6 heteroatoms. The van der Waals surface area contributed by atoms with Gasteiger partial charge in [-0.15, -0.1) is 24.0 Å². The van der Waals surface area contributed by atoms with E-state index in [0.29, 0.717) is 6.54 Å². The topological polar surface area (TPSA) is 52.6 Å². The number of rotatable bonds is 7. The Morgan fingerprint density at radius 3 is 2.74 bits per heavy atom. The summed E-state index contributed by atoms with van der Waals surface area (Å²) in [6.45, 7) is 9.08. The summed E-state index contributed by atoms with van der Waals surface area (Å²) in [6.07, 6.45) is 6.80. The van der Waals surface area contributed by atoms with Crippen molar-refractivity contribution < 1.29 is 0 Å². The van der Waals surface area contributed by atoms with Crippen molar-refractivity contribution in [2.45, 2.75) is 46.1 Å². The van der Waals surface area contributed by atoms with Crippen LogP contribution < -0.4 is 15.5 Å². The summed E-state index contributed by atoms with van der Waals surface area (Å²) >= 11 is 0. The summed E-state index contributed by atoms with van der Waals surface area (Å²) in [7, 11) is 0. The van der Waals surface area contributed by atoms with Crippen LogP contribution in [0.5, 0.6) is 0 Å². The lowest BCUT2D eigenvalue weighted by Crippen LogP contribution is -2.37. The second-order valence-electron chi connectivity index (χ2n) is 5.69. The first kappa shape index (κ1) is 20.0. The quantitative estimate of drug-likeness (QED) is 0.302. The zero-order chi connectivity index (χ0) is 15.6. The third-order valence-corrected chi connectivity index (χ3v) is 3.83. The number of nitrogens with zero attached hydrogens (tertiary/aromatic N) is 3. The van der Waals surface area contributed by atoms with Crippen LogP contribution in [-0.4, -0.2) is 37.1 Å². The molecule has 0 aromatic carbocycles. The van der Waals surface area contributed by atoms with Crippen molar-refractivity contribution in [3.8, 4) is 0 Å². The number of unbranched alkanes of at least 4 members (excludes halogenated alkanes) is 1. The molecule has 1 aliphatic heterocycles. The van der Waals surface area contributed by atoms with E-state index in [1.807, 2.05) is 6.20 Å². The number of nitrogens with one attached hydrogen (secondary N) is 2. The van der Waals surface area contributed by atoms with Gasteiger partial charge in [-0.25, -0.2) is 9.98 Å². The van der Waals surface area contributed by atoms with Gasteiger partial charge in [0.1, 0.15) is 5.82 Å². The molecule has 0 atom stereocenters. The van der Waals surface area contributed by atoms with E-state index in [4.69, 9.17) is 0 Å². The van der Waals surface area contributed by atoms with Gasteiger partial charge in [-0.05, 0) is 43.9 Å². The Kier molecular flexibility index (Phi) is 9.98. The number of halogens is 1. The summed E-state index contributed by atoms with van der Waals surface area (Å²) in [5.74, 6) is 1.99. The van der Waals surface area contributed by atoms with Crippen LogP contribution in [0.2, 0.25) is 0 Å². The third-order valence-electron chi connectivity index (χ3n) is 3.83. The van der Waals surface area contributed by atoms with Crippen molar-refractivity contribution in [2.75, 3.05) is 31.1 Å². The average molecular weight is 431 g/mol. The van der Waals surface area contributed by atoms with Crippen LogP contribution in [-0.2, 0) is 6.54 Å². The minimum atomic E-state index is 0. The Morgan fingerprint density at radius 1 is 1.26 bits per heavy atom. The van der Waals surface area contributed by atoms with Gasteiger partial charge in [0.15, 0.2) is 5.96 Å². The predicted molar refractivity (Wildman–Crippen MR) is 109 cm³/mol. The van der Waals surface area contributed by atoms with E-state index in [2.05, 4.69) is 51.5 Å². The van der Waals surface area contributed by atoms with Crippen LogP contribution in [0.1, 0.15) is 45.1 Å². The molecule has 1 fully saturated rings. The van der Waals surface area contributed by atoms with Gasteiger partial charge >= 0.3 is 0 Å². The van der Waals surface area contributed by atoms with Gasteiger partial charge in [0.25, 0.3) is 0 Å². The van der Waals surface area contributed by atoms with E-state index in [1.165, 1.54) is 31.2 Å². The Balaban J connectivity index is 0.00000264. The van der Waals surface area contributed by atoms with Gasteiger partial charge < -0.3 is 15.5 Å². The minimum absolute atomic E-state index is 0. The van der Waals surface area contributed by atoms with Gasteiger partial charge in [0, 0.05) is 32.4 Å². The second kappa shape index (κ2) is 11.5. The second-order valence-corrected chi connectivity index (χ2v) is 5.69. The van der Waals surface area contributed by atoms with Crippen molar-refractivity contribution in [1.82, 2.24) is 15.6 Å². The molecule has 2 heterocycles. The highest BCUT2D eigenvalue weighted by atomic mass is 127. The van der Waals surface area contributed by atoms with Gasteiger partial charge in [0.05, 0.1) is 6.54 Å². The van der Waals surface area contributed by atoms with Crippen molar-refractivity contribution in [1.29, 1.82) is 0 Å². The molecule has 0 radical (unpaired) electrons. The van der Waals surface area contributed by atoms with E-state index in [9.17, 15) is 0 Å². The first-order chi connectivity index (χ1) is 10.8. The van der Waals surface area contributed by atoms with E-state index in [0.717, 1.165) is 38.0 Å². The van der Waals surface area contributed by atoms with E-state index in [-0.39, 0.29) is 24.0 Å². The molecule has 130 valence electrons. The molecule has 0 aliphatic carbocycles. The lowest BCUT2D eigenvalue weighted by atomic mass is 10.2. The van der Waals surface area contributed by atoms with Crippen molar-refractivity contribution in [3.63, 3.8) is 0 Å². The van der Waals surface area contributed by atoms with Crippen molar-refractivity contribution in [2.24, 2.45) is 4.99 Å². The molecule has 2 N–H and O–H groups in total. The zero-order valence-electron chi connectivity index (χ0n) is 14.3. The van der Waals surface area contributed by atoms with Gasteiger partial charge in [0.2, 0.25) is 0 Å². The molecule has 0 saturated carbocycles. The number of anilines is 1. The van der Waals surface area contributed by atoms with Crippen LogP contribution in [0.25, 0.3) is 0 Å². The Bertz CT molecular complexity index is 472. The Labute approximate surface area is 157 Å². The molecular formula is C17H30IN5. The molecule has 0 unspecified atom stereocenters. The molecule has 0 amide bonds. The van der Waals surface area contributed by atoms with Crippen molar-refractivity contribution in [3.05, 3.63) is 23.9 Å². The van der Waals surface area contributed by atoms with Crippen molar-refractivity contribution >= 4 is 35.8 Å². The highest BCUT2D eigenvalue weighted by molar-refractivity contribution is 14.0. The average Bonchev–Trinajstić information content (AvgIpc) is 3.07. The number of guanidine groups is 1. The molecule has 1 aromatic heterocycles. The normalized spacial score (nSPS) is 14.5. The maximum Gasteiger partial charge on any atom is 0.191 e. The zero-order valence-corrected chi connectivity index (χ0v) is 16.7. The number of aliphatic imine (C=N–C) groups is 1. The fourth-order valence-corrected chi connectivity index (χ4v) is 2.57. The fourth-order valence-electron chi connectivity index (χ4n) is 2.57. The number of hydrogen-bond donors (Lipinski definition) is 2. The first-order valence-corrected chi connectivity index (χ1v) is 8.55. The highest BCUT2D eigenvalue weighted by Crippen LogP contribution is 2.18. The van der Waals surface area contributed by atoms with Gasteiger partial charge in [-0.1, -0.05) is 13.3 Å². The SMILES string of the molecule is CCCCNC(=NCc1ccnc(N2CCCC2)c1)NCC.I. The largest absolute Gasteiger partial charge is 0.357 e. The number of pyridine rings is 1.